The van der Waals surface area contributed by atoms with Gasteiger partial charge >= 0.3 is 11.9 Å². The van der Waals surface area contributed by atoms with Gasteiger partial charge in [-0.05, 0) is 31.1 Å². The van der Waals surface area contributed by atoms with E-state index in [4.69, 9.17) is 9.47 Å². The van der Waals surface area contributed by atoms with Gasteiger partial charge in [-0.2, -0.15) is 0 Å². The second kappa shape index (κ2) is 5.08. The van der Waals surface area contributed by atoms with E-state index in [0.717, 1.165) is 12.8 Å². The second-order valence-electron chi connectivity index (χ2n) is 7.30. The first-order valence-electron chi connectivity index (χ1n) is 8.01. The van der Waals surface area contributed by atoms with Gasteiger partial charge in [-0.25, -0.2) is 4.79 Å². The quantitative estimate of drug-likeness (QED) is 0.591. The van der Waals surface area contributed by atoms with Crippen LogP contribution in [0.15, 0.2) is 12.2 Å². The Morgan fingerprint density at radius 1 is 1.45 bits per heavy atom. The van der Waals surface area contributed by atoms with E-state index in [-0.39, 0.29) is 23.9 Å². The normalized spacial score (nSPS) is 47.5. The monoisotopic (exact) mass is 308 g/mol. The van der Waals surface area contributed by atoms with Crippen LogP contribution in [0, 0.1) is 23.2 Å². The summed E-state index contributed by atoms with van der Waals surface area (Å²) in [4.78, 5) is 23.6. The summed E-state index contributed by atoms with van der Waals surface area (Å²) in [6.45, 7) is 9.34. The predicted octanol–water partition coefficient (Wildman–Crippen LogP) is 1.83. The van der Waals surface area contributed by atoms with Crippen LogP contribution in [0.4, 0.5) is 0 Å². The summed E-state index contributed by atoms with van der Waals surface area (Å²) in [5, 5.41) is 10.6. The highest BCUT2D eigenvalue weighted by atomic mass is 16.6. The standard InChI is InChI=1S/C17H24O5/c1-8-7-12-14(9(2)16(20)22-12)15(21-10(3)18)17(4)11(8)5-6-13(17)19/h8,11-15,19H,2,5-7H2,1,3-4H3/t8-,11+,12+,13+,14+,15+,17+/m1/s1. The number of aliphatic hydroxyl groups excluding tert-OH is 1. The Morgan fingerprint density at radius 2 is 2.14 bits per heavy atom. The number of fused-ring (bicyclic) bond motifs is 2. The van der Waals surface area contributed by atoms with Crippen molar-refractivity contribution in [1.82, 2.24) is 0 Å². The van der Waals surface area contributed by atoms with Crippen molar-refractivity contribution < 1.29 is 24.2 Å². The smallest absolute Gasteiger partial charge is 0.334 e. The Morgan fingerprint density at radius 3 is 2.77 bits per heavy atom. The number of esters is 2. The zero-order valence-corrected chi connectivity index (χ0v) is 13.4. The lowest BCUT2D eigenvalue weighted by molar-refractivity contribution is -0.167. The fourth-order valence-corrected chi connectivity index (χ4v) is 5.02. The molecular formula is C17H24O5. The average molecular weight is 308 g/mol. The van der Waals surface area contributed by atoms with Gasteiger partial charge < -0.3 is 14.6 Å². The molecule has 0 spiro atoms. The van der Waals surface area contributed by atoms with E-state index < -0.39 is 29.6 Å². The lowest BCUT2D eigenvalue weighted by Crippen LogP contribution is -2.50. The molecule has 0 aromatic rings. The fourth-order valence-electron chi connectivity index (χ4n) is 5.02. The Bertz CT molecular complexity index is 527. The van der Waals surface area contributed by atoms with Crippen molar-refractivity contribution in [2.75, 3.05) is 0 Å². The summed E-state index contributed by atoms with van der Waals surface area (Å²) < 4.78 is 11.1. The molecule has 22 heavy (non-hydrogen) atoms. The summed E-state index contributed by atoms with van der Waals surface area (Å²) >= 11 is 0. The molecule has 7 atom stereocenters. The van der Waals surface area contributed by atoms with Gasteiger partial charge in [-0.3, -0.25) is 4.79 Å². The van der Waals surface area contributed by atoms with Crippen LogP contribution in [0.25, 0.3) is 0 Å². The van der Waals surface area contributed by atoms with E-state index in [9.17, 15) is 14.7 Å². The molecule has 1 N–H and O–H groups in total. The number of hydrogen-bond acceptors (Lipinski definition) is 5. The molecule has 5 heteroatoms. The maximum atomic E-state index is 11.9. The van der Waals surface area contributed by atoms with Gasteiger partial charge in [0.05, 0.1) is 12.0 Å². The van der Waals surface area contributed by atoms with E-state index in [2.05, 4.69) is 13.5 Å². The maximum absolute atomic E-state index is 11.9. The molecule has 0 bridgehead atoms. The van der Waals surface area contributed by atoms with E-state index in [1.807, 2.05) is 6.92 Å². The topological polar surface area (TPSA) is 72.8 Å². The first-order valence-corrected chi connectivity index (χ1v) is 8.01. The van der Waals surface area contributed by atoms with Crippen LogP contribution < -0.4 is 0 Å². The number of aliphatic hydroxyl groups is 1. The van der Waals surface area contributed by atoms with E-state index >= 15 is 0 Å². The summed E-state index contributed by atoms with van der Waals surface area (Å²) in [7, 11) is 0. The Labute approximate surface area is 130 Å². The van der Waals surface area contributed by atoms with Gasteiger partial charge in [0.2, 0.25) is 0 Å². The number of ether oxygens (including phenoxy) is 2. The molecule has 5 nitrogen and oxygen atoms in total. The van der Waals surface area contributed by atoms with Gasteiger partial charge in [0, 0.05) is 17.9 Å². The minimum absolute atomic E-state index is 0.240. The Kier molecular flexibility index (Phi) is 3.59. The fraction of sp³-hybridized carbons (Fsp3) is 0.765. The first kappa shape index (κ1) is 15.5. The number of hydrogen-bond donors (Lipinski definition) is 1. The third kappa shape index (κ3) is 2.02. The summed E-state index contributed by atoms with van der Waals surface area (Å²) in [5.74, 6) is -0.641. The molecule has 1 saturated heterocycles. The minimum atomic E-state index is -0.568. The van der Waals surface area contributed by atoms with Crippen molar-refractivity contribution in [3.63, 3.8) is 0 Å². The second-order valence-corrected chi connectivity index (χ2v) is 7.30. The third-order valence-corrected chi connectivity index (χ3v) is 6.11. The molecule has 0 aromatic carbocycles. The lowest BCUT2D eigenvalue weighted by Gasteiger charge is -2.43. The van der Waals surface area contributed by atoms with E-state index in [1.54, 1.807) is 0 Å². The zero-order valence-electron chi connectivity index (χ0n) is 13.4. The van der Waals surface area contributed by atoms with Crippen molar-refractivity contribution in [3.05, 3.63) is 12.2 Å². The molecule has 3 rings (SSSR count). The molecule has 1 aliphatic heterocycles. The van der Waals surface area contributed by atoms with Crippen LogP contribution in [-0.4, -0.2) is 35.4 Å². The zero-order chi connectivity index (χ0) is 16.2. The van der Waals surface area contributed by atoms with Crippen LogP contribution in [0.1, 0.15) is 40.0 Å². The highest BCUT2D eigenvalue weighted by Gasteiger charge is 2.62. The van der Waals surface area contributed by atoms with Crippen molar-refractivity contribution in [2.24, 2.45) is 23.2 Å². The third-order valence-electron chi connectivity index (χ3n) is 6.11. The molecule has 0 radical (unpaired) electrons. The Hall–Kier alpha value is -1.36. The van der Waals surface area contributed by atoms with Gasteiger partial charge in [0.25, 0.3) is 0 Å². The predicted molar refractivity (Wildman–Crippen MR) is 78.7 cm³/mol. The van der Waals surface area contributed by atoms with Crippen LogP contribution in [0.3, 0.4) is 0 Å². The molecule has 2 saturated carbocycles. The van der Waals surface area contributed by atoms with Crippen molar-refractivity contribution >= 4 is 11.9 Å². The molecule has 2 aliphatic carbocycles. The van der Waals surface area contributed by atoms with Gasteiger partial charge in [0.1, 0.15) is 12.2 Å². The molecule has 1 heterocycles. The van der Waals surface area contributed by atoms with E-state index in [0.29, 0.717) is 12.0 Å². The SMILES string of the molecule is C=C1C(=O)O[C@H]2C[C@@H](C)[C@@H]3CC[C@H](O)[C@@]3(C)[C@@H](OC(C)=O)[C@@H]12. The molecule has 0 aromatic heterocycles. The van der Waals surface area contributed by atoms with Gasteiger partial charge in [-0.15, -0.1) is 0 Å². The van der Waals surface area contributed by atoms with Gasteiger partial charge in [0.15, 0.2) is 0 Å². The molecule has 3 fully saturated rings. The molecule has 122 valence electrons. The minimum Gasteiger partial charge on any atom is -0.461 e. The van der Waals surface area contributed by atoms with E-state index in [1.165, 1.54) is 6.92 Å². The summed E-state index contributed by atoms with van der Waals surface area (Å²) in [5.41, 5.74) is -0.203. The number of carbonyl (C=O) groups is 2. The highest BCUT2D eigenvalue weighted by molar-refractivity contribution is 5.91. The molecule has 0 amide bonds. The van der Waals surface area contributed by atoms with Crippen LogP contribution >= 0.6 is 0 Å². The summed E-state index contributed by atoms with van der Waals surface area (Å²) in [6, 6.07) is 0. The number of carbonyl (C=O) groups excluding carboxylic acids is 2. The van der Waals surface area contributed by atoms with Gasteiger partial charge in [-0.1, -0.05) is 20.4 Å². The molecular weight excluding hydrogens is 284 g/mol. The Balaban J connectivity index is 2.09. The lowest BCUT2D eigenvalue weighted by atomic mass is 9.67. The van der Waals surface area contributed by atoms with Crippen molar-refractivity contribution in [3.8, 4) is 0 Å². The molecule has 0 unspecified atom stereocenters. The van der Waals surface area contributed by atoms with Crippen molar-refractivity contribution in [2.45, 2.75) is 58.3 Å². The average Bonchev–Trinajstić information content (AvgIpc) is 2.84. The van der Waals surface area contributed by atoms with Crippen LogP contribution in [-0.2, 0) is 19.1 Å². The van der Waals surface area contributed by atoms with Crippen molar-refractivity contribution in [1.29, 1.82) is 0 Å². The maximum Gasteiger partial charge on any atom is 0.334 e. The largest absolute Gasteiger partial charge is 0.461 e. The highest BCUT2D eigenvalue weighted by Crippen LogP contribution is 2.57. The number of rotatable bonds is 1. The molecule has 3 aliphatic rings. The first-order chi connectivity index (χ1) is 10.3. The van der Waals surface area contributed by atoms with Crippen LogP contribution in [0.5, 0.6) is 0 Å². The summed E-state index contributed by atoms with van der Waals surface area (Å²) in [6.07, 6.45) is 0.889. The van der Waals surface area contributed by atoms with Crippen LogP contribution in [0.2, 0.25) is 0 Å².